The molecule has 138 valence electrons. The molecule has 0 unspecified atom stereocenters. The van der Waals surface area contributed by atoms with Crippen LogP contribution in [0.15, 0.2) is 48.7 Å². The van der Waals surface area contributed by atoms with Gasteiger partial charge in [0, 0.05) is 47.4 Å². The predicted octanol–water partition coefficient (Wildman–Crippen LogP) is 5.00. The Balaban J connectivity index is 1.77. The third-order valence-electron chi connectivity index (χ3n) is 4.42. The summed E-state index contributed by atoms with van der Waals surface area (Å²) < 4.78 is 21.6. The van der Waals surface area contributed by atoms with Crippen LogP contribution in [0.5, 0.6) is 0 Å². The number of para-hydroxylation sites is 1. The predicted molar refractivity (Wildman–Crippen MR) is 105 cm³/mol. The molecule has 3 rings (SSSR count). The van der Waals surface area contributed by atoms with E-state index < -0.39 is 0 Å². The SMILES string of the molecule is CCOCCCNCc1cn(Cc2c(F)cccc2Cl)c2ccccc12. The standard InChI is InChI=1S/C21H24ClFN2O/c1-2-26-12-6-11-24-13-16-14-25(21-10-4-3-7-17(16)21)15-18-19(22)8-5-9-20(18)23/h3-5,7-10,14,24H,2,6,11-13,15H2,1H3. The van der Waals surface area contributed by atoms with Crippen molar-refractivity contribution >= 4 is 22.5 Å². The van der Waals surface area contributed by atoms with Gasteiger partial charge in [0.25, 0.3) is 0 Å². The van der Waals surface area contributed by atoms with Crippen molar-refractivity contribution in [3.63, 3.8) is 0 Å². The van der Waals surface area contributed by atoms with Crippen LogP contribution >= 0.6 is 11.6 Å². The quantitative estimate of drug-likeness (QED) is 0.533. The van der Waals surface area contributed by atoms with Crippen molar-refractivity contribution in [1.82, 2.24) is 9.88 Å². The van der Waals surface area contributed by atoms with Crippen LogP contribution < -0.4 is 5.32 Å². The Morgan fingerprint density at radius 1 is 1.15 bits per heavy atom. The molecule has 0 aliphatic carbocycles. The topological polar surface area (TPSA) is 26.2 Å². The van der Waals surface area contributed by atoms with Crippen molar-refractivity contribution in [2.24, 2.45) is 0 Å². The molecule has 2 aromatic carbocycles. The maximum absolute atomic E-state index is 14.2. The zero-order chi connectivity index (χ0) is 18.4. The minimum atomic E-state index is -0.272. The number of nitrogens with zero attached hydrogens (tertiary/aromatic N) is 1. The number of hydrogen-bond acceptors (Lipinski definition) is 2. The van der Waals surface area contributed by atoms with Crippen LogP contribution in [-0.4, -0.2) is 24.3 Å². The fourth-order valence-electron chi connectivity index (χ4n) is 3.11. The molecular weight excluding hydrogens is 351 g/mol. The number of ether oxygens (including phenoxy) is 1. The molecule has 0 amide bonds. The third kappa shape index (κ3) is 4.44. The minimum Gasteiger partial charge on any atom is -0.382 e. The van der Waals surface area contributed by atoms with E-state index in [2.05, 4.69) is 28.2 Å². The molecule has 3 aromatic rings. The van der Waals surface area contributed by atoms with Crippen molar-refractivity contribution in [2.45, 2.75) is 26.4 Å². The van der Waals surface area contributed by atoms with E-state index in [0.29, 0.717) is 17.1 Å². The summed E-state index contributed by atoms with van der Waals surface area (Å²) >= 11 is 6.20. The number of benzene rings is 2. The Bertz CT molecular complexity index is 842. The van der Waals surface area contributed by atoms with Gasteiger partial charge >= 0.3 is 0 Å². The largest absolute Gasteiger partial charge is 0.382 e. The Morgan fingerprint density at radius 2 is 2.00 bits per heavy atom. The first-order chi connectivity index (χ1) is 12.7. The van der Waals surface area contributed by atoms with Gasteiger partial charge in [-0.05, 0) is 43.7 Å². The molecule has 0 spiro atoms. The molecule has 5 heteroatoms. The van der Waals surface area contributed by atoms with E-state index in [1.54, 1.807) is 12.1 Å². The fraction of sp³-hybridized carbons (Fsp3) is 0.333. The molecule has 0 saturated carbocycles. The van der Waals surface area contributed by atoms with Gasteiger partial charge in [-0.3, -0.25) is 0 Å². The normalized spacial score (nSPS) is 11.3. The Hall–Kier alpha value is -1.88. The van der Waals surface area contributed by atoms with Crippen molar-refractivity contribution in [3.05, 3.63) is 70.6 Å². The van der Waals surface area contributed by atoms with E-state index in [0.717, 1.165) is 38.2 Å². The van der Waals surface area contributed by atoms with E-state index >= 15 is 0 Å². The van der Waals surface area contributed by atoms with Crippen LogP contribution in [0.3, 0.4) is 0 Å². The van der Waals surface area contributed by atoms with Gasteiger partial charge in [0.2, 0.25) is 0 Å². The highest BCUT2D eigenvalue weighted by atomic mass is 35.5. The van der Waals surface area contributed by atoms with Crippen LogP contribution in [0.1, 0.15) is 24.5 Å². The molecule has 0 radical (unpaired) electrons. The molecule has 26 heavy (non-hydrogen) atoms. The van der Waals surface area contributed by atoms with Gasteiger partial charge in [-0.1, -0.05) is 35.9 Å². The first kappa shape index (κ1) is 18.9. The van der Waals surface area contributed by atoms with E-state index in [9.17, 15) is 4.39 Å². The average Bonchev–Trinajstić information content (AvgIpc) is 2.99. The van der Waals surface area contributed by atoms with E-state index in [1.807, 2.05) is 19.1 Å². The zero-order valence-electron chi connectivity index (χ0n) is 15.0. The number of rotatable bonds is 9. The Morgan fingerprint density at radius 3 is 2.81 bits per heavy atom. The van der Waals surface area contributed by atoms with Crippen molar-refractivity contribution in [1.29, 1.82) is 0 Å². The number of nitrogens with one attached hydrogen (secondary N) is 1. The van der Waals surface area contributed by atoms with Gasteiger partial charge in [0.1, 0.15) is 5.82 Å². The van der Waals surface area contributed by atoms with E-state index in [4.69, 9.17) is 16.3 Å². The lowest BCUT2D eigenvalue weighted by molar-refractivity contribution is 0.144. The fourth-order valence-corrected chi connectivity index (χ4v) is 3.34. The maximum Gasteiger partial charge on any atom is 0.129 e. The van der Waals surface area contributed by atoms with E-state index in [-0.39, 0.29) is 5.82 Å². The number of hydrogen-bond donors (Lipinski definition) is 1. The number of aromatic nitrogens is 1. The summed E-state index contributed by atoms with van der Waals surface area (Å²) in [5, 5.41) is 5.09. The molecule has 1 aromatic heterocycles. The van der Waals surface area contributed by atoms with Gasteiger partial charge in [-0.25, -0.2) is 4.39 Å². The van der Waals surface area contributed by atoms with Crippen LogP contribution in [0.2, 0.25) is 5.02 Å². The highest BCUT2D eigenvalue weighted by Crippen LogP contribution is 2.25. The van der Waals surface area contributed by atoms with Gasteiger partial charge < -0.3 is 14.6 Å². The summed E-state index contributed by atoms with van der Waals surface area (Å²) in [6, 6.07) is 13.0. The maximum atomic E-state index is 14.2. The van der Waals surface area contributed by atoms with Crippen LogP contribution in [0, 0.1) is 5.82 Å². The molecule has 0 aliphatic rings. The van der Waals surface area contributed by atoms with Crippen molar-refractivity contribution in [2.75, 3.05) is 19.8 Å². The summed E-state index contributed by atoms with van der Waals surface area (Å²) in [4.78, 5) is 0. The van der Waals surface area contributed by atoms with Crippen LogP contribution in [-0.2, 0) is 17.8 Å². The lowest BCUT2D eigenvalue weighted by atomic mass is 10.2. The second-order valence-electron chi connectivity index (χ2n) is 6.23. The molecule has 1 N–H and O–H groups in total. The number of halogens is 2. The Kier molecular flexibility index (Phi) is 6.67. The first-order valence-electron chi connectivity index (χ1n) is 8.98. The molecule has 0 bridgehead atoms. The molecule has 1 heterocycles. The highest BCUT2D eigenvalue weighted by Gasteiger charge is 2.12. The summed E-state index contributed by atoms with van der Waals surface area (Å²) in [5.74, 6) is -0.272. The van der Waals surface area contributed by atoms with Gasteiger partial charge in [-0.2, -0.15) is 0 Å². The smallest absolute Gasteiger partial charge is 0.129 e. The molecular formula is C21H24ClFN2O. The van der Waals surface area contributed by atoms with Crippen LogP contribution in [0.4, 0.5) is 4.39 Å². The summed E-state index contributed by atoms with van der Waals surface area (Å²) in [6.45, 7) is 5.62. The summed E-state index contributed by atoms with van der Waals surface area (Å²) in [7, 11) is 0. The molecule has 0 atom stereocenters. The minimum absolute atomic E-state index is 0.272. The average molecular weight is 375 g/mol. The molecule has 0 fully saturated rings. The van der Waals surface area contributed by atoms with Crippen LogP contribution in [0.25, 0.3) is 10.9 Å². The van der Waals surface area contributed by atoms with Gasteiger partial charge in [-0.15, -0.1) is 0 Å². The molecule has 3 nitrogen and oxygen atoms in total. The second kappa shape index (κ2) is 9.17. The highest BCUT2D eigenvalue weighted by molar-refractivity contribution is 6.31. The van der Waals surface area contributed by atoms with E-state index in [1.165, 1.54) is 17.0 Å². The van der Waals surface area contributed by atoms with Crippen molar-refractivity contribution < 1.29 is 9.13 Å². The zero-order valence-corrected chi connectivity index (χ0v) is 15.7. The van der Waals surface area contributed by atoms with Gasteiger partial charge in [0.05, 0.1) is 6.54 Å². The molecule has 0 aliphatic heterocycles. The van der Waals surface area contributed by atoms with Crippen molar-refractivity contribution in [3.8, 4) is 0 Å². The first-order valence-corrected chi connectivity index (χ1v) is 9.36. The second-order valence-corrected chi connectivity index (χ2v) is 6.63. The summed E-state index contributed by atoms with van der Waals surface area (Å²) in [6.07, 6.45) is 3.07. The molecule has 0 saturated heterocycles. The monoisotopic (exact) mass is 374 g/mol. The Labute approximate surface area is 158 Å². The lowest BCUT2D eigenvalue weighted by Gasteiger charge is -2.08. The summed E-state index contributed by atoms with van der Waals surface area (Å²) in [5.41, 5.74) is 2.80. The number of fused-ring (bicyclic) bond motifs is 1. The lowest BCUT2D eigenvalue weighted by Crippen LogP contribution is -2.16. The third-order valence-corrected chi connectivity index (χ3v) is 4.78. The van der Waals surface area contributed by atoms with Gasteiger partial charge in [0.15, 0.2) is 0 Å².